The number of benzene rings is 1. The molecule has 1 aromatic carbocycles. The highest BCUT2D eigenvalue weighted by Crippen LogP contribution is 2.15. The van der Waals surface area contributed by atoms with Gasteiger partial charge in [-0.15, -0.1) is 0 Å². The average Bonchev–Trinajstić information content (AvgIpc) is 2.47. The highest BCUT2D eigenvalue weighted by Gasteiger charge is 2.17. The van der Waals surface area contributed by atoms with Gasteiger partial charge in [-0.25, -0.2) is 0 Å². The third kappa shape index (κ3) is 6.20. The molecule has 0 aromatic heterocycles. The van der Waals surface area contributed by atoms with Gasteiger partial charge in [-0.1, -0.05) is 11.6 Å². The molecule has 1 aromatic rings. The van der Waals surface area contributed by atoms with Gasteiger partial charge >= 0.3 is 0 Å². The third-order valence-electron chi connectivity index (χ3n) is 3.35. The van der Waals surface area contributed by atoms with Gasteiger partial charge in [0.05, 0.1) is 12.7 Å². The molecule has 2 atom stereocenters. The van der Waals surface area contributed by atoms with Crippen molar-refractivity contribution in [3.8, 4) is 5.75 Å². The number of hydrogen-bond donors (Lipinski definition) is 2. The van der Waals surface area contributed by atoms with Crippen molar-refractivity contribution in [3.63, 3.8) is 0 Å². The summed E-state index contributed by atoms with van der Waals surface area (Å²) >= 11 is 5.80. The molecule has 1 aliphatic heterocycles. The minimum atomic E-state index is -0.554. The van der Waals surface area contributed by atoms with Gasteiger partial charge in [0.25, 0.3) is 0 Å². The number of nitrogens with one attached hydrogen (secondary N) is 1. The molecule has 1 saturated heterocycles. The average molecular weight is 315 g/mol. The Kier molecular flexibility index (Phi) is 6.73. The number of aliphatic hydroxyl groups excluding tert-OH is 1. The molecule has 118 valence electrons. The Labute approximate surface area is 130 Å². The van der Waals surface area contributed by atoms with Crippen molar-refractivity contribution in [1.82, 2.24) is 10.2 Å². The van der Waals surface area contributed by atoms with E-state index in [1.165, 1.54) is 0 Å². The van der Waals surface area contributed by atoms with Crippen molar-refractivity contribution in [3.05, 3.63) is 29.3 Å². The summed E-state index contributed by atoms with van der Waals surface area (Å²) in [6.45, 7) is 4.14. The van der Waals surface area contributed by atoms with Crippen LogP contribution in [0.15, 0.2) is 24.3 Å². The maximum Gasteiger partial charge on any atom is 0.119 e. The van der Waals surface area contributed by atoms with Crippen LogP contribution in [-0.2, 0) is 4.74 Å². The van der Waals surface area contributed by atoms with Gasteiger partial charge in [-0.3, -0.25) is 0 Å². The first-order valence-corrected chi connectivity index (χ1v) is 7.58. The monoisotopic (exact) mass is 314 g/mol. The Bertz CT molecular complexity index is 416. The SMILES string of the molecule is CN1CCOC(CNCC(O)COc2ccc(Cl)cc2)C1. The normalized spacial score (nSPS) is 21.2. The largest absolute Gasteiger partial charge is 0.491 e. The molecule has 0 aliphatic carbocycles. The zero-order valence-corrected chi connectivity index (χ0v) is 13.1. The quantitative estimate of drug-likeness (QED) is 0.786. The molecule has 6 heteroatoms. The van der Waals surface area contributed by atoms with Crippen LogP contribution < -0.4 is 10.1 Å². The van der Waals surface area contributed by atoms with Crippen LogP contribution in [0.2, 0.25) is 5.02 Å². The minimum Gasteiger partial charge on any atom is -0.491 e. The number of halogens is 1. The number of ether oxygens (including phenoxy) is 2. The number of hydrogen-bond acceptors (Lipinski definition) is 5. The molecule has 0 saturated carbocycles. The zero-order chi connectivity index (χ0) is 15.1. The lowest BCUT2D eigenvalue weighted by atomic mass is 10.2. The second-order valence-corrected chi connectivity index (χ2v) is 5.77. The van der Waals surface area contributed by atoms with Crippen LogP contribution in [0.5, 0.6) is 5.75 Å². The van der Waals surface area contributed by atoms with Crippen LogP contribution in [0.1, 0.15) is 0 Å². The van der Waals surface area contributed by atoms with E-state index in [1.54, 1.807) is 24.3 Å². The first kappa shape index (κ1) is 16.5. The van der Waals surface area contributed by atoms with Crippen LogP contribution in [0, 0.1) is 0 Å². The summed E-state index contributed by atoms with van der Waals surface area (Å²) in [6, 6.07) is 7.10. The second kappa shape index (κ2) is 8.56. The van der Waals surface area contributed by atoms with Gasteiger partial charge in [0.1, 0.15) is 18.5 Å². The zero-order valence-electron chi connectivity index (χ0n) is 12.3. The smallest absolute Gasteiger partial charge is 0.119 e. The predicted molar refractivity (Wildman–Crippen MR) is 83.1 cm³/mol. The Morgan fingerprint density at radius 2 is 2.24 bits per heavy atom. The predicted octanol–water partition coefficient (Wildman–Crippen LogP) is 1.000. The Morgan fingerprint density at radius 1 is 1.48 bits per heavy atom. The minimum absolute atomic E-state index is 0.188. The van der Waals surface area contributed by atoms with Crippen molar-refractivity contribution in [2.24, 2.45) is 0 Å². The highest BCUT2D eigenvalue weighted by atomic mass is 35.5. The number of aliphatic hydroxyl groups is 1. The van der Waals surface area contributed by atoms with Gasteiger partial charge in [0.15, 0.2) is 0 Å². The van der Waals surface area contributed by atoms with E-state index in [1.807, 2.05) is 0 Å². The van der Waals surface area contributed by atoms with E-state index in [4.69, 9.17) is 21.1 Å². The number of rotatable bonds is 7. The molecule has 2 unspecified atom stereocenters. The van der Waals surface area contributed by atoms with Crippen LogP contribution >= 0.6 is 11.6 Å². The summed E-state index contributed by atoms with van der Waals surface area (Å²) in [5.74, 6) is 0.704. The molecular formula is C15H23ClN2O3. The van der Waals surface area contributed by atoms with E-state index < -0.39 is 6.10 Å². The Hall–Kier alpha value is -0.850. The van der Waals surface area contributed by atoms with Crippen LogP contribution in [0.3, 0.4) is 0 Å². The first-order valence-electron chi connectivity index (χ1n) is 7.21. The van der Waals surface area contributed by atoms with E-state index in [2.05, 4.69) is 17.3 Å². The Balaban J connectivity index is 1.59. The molecule has 5 nitrogen and oxygen atoms in total. The van der Waals surface area contributed by atoms with Crippen LogP contribution in [-0.4, -0.2) is 68.7 Å². The lowest BCUT2D eigenvalue weighted by Crippen LogP contribution is -2.46. The molecular weight excluding hydrogens is 292 g/mol. The number of morpholine rings is 1. The van der Waals surface area contributed by atoms with Crippen LogP contribution in [0.4, 0.5) is 0 Å². The van der Waals surface area contributed by atoms with Crippen molar-refractivity contribution in [2.45, 2.75) is 12.2 Å². The molecule has 2 rings (SSSR count). The van der Waals surface area contributed by atoms with Gasteiger partial charge < -0.3 is 24.8 Å². The van der Waals surface area contributed by atoms with Crippen molar-refractivity contribution < 1.29 is 14.6 Å². The maximum absolute atomic E-state index is 9.88. The topological polar surface area (TPSA) is 54.0 Å². The van der Waals surface area contributed by atoms with Crippen molar-refractivity contribution in [2.75, 3.05) is 46.4 Å². The summed E-state index contributed by atoms with van der Waals surface area (Å²) in [4.78, 5) is 2.25. The molecule has 0 radical (unpaired) electrons. The summed E-state index contributed by atoms with van der Waals surface area (Å²) < 4.78 is 11.1. The van der Waals surface area contributed by atoms with E-state index in [9.17, 15) is 5.11 Å². The fourth-order valence-electron chi connectivity index (χ4n) is 2.18. The van der Waals surface area contributed by atoms with Gasteiger partial charge in [0.2, 0.25) is 0 Å². The Morgan fingerprint density at radius 3 is 2.95 bits per heavy atom. The van der Waals surface area contributed by atoms with Gasteiger partial charge in [-0.05, 0) is 31.3 Å². The first-order chi connectivity index (χ1) is 10.1. The van der Waals surface area contributed by atoms with E-state index in [0.717, 1.165) is 26.2 Å². The van der Waals surface area contributed by atoms with E-state index >= 15 is 0 Å². The van der Waals surface area contributed by atoms with Gasteiger partial charge in [0, 0.05) is 31.2 Å². The summed E-state index contributed by atoms with van der Waals surface area (Å²) in [5.41, 5.74) is 0. The summed E-state index contributed by atoms with van der Waals surface area (Å²) in [7, 11) is 2.09. The highest BCUT2D eigenvalue weighted by molar-refractivity contribution is 6.30. The fraction of sp³-hybridized carbons (Fsp3) is 0.600. The van der Waals surface area contributed by atoms with Gasteiger partial charge in [-0.2, -0.15) is 0 Å². The summed E-state index contributed by atoms with van der Waals surface area (Å²) in [5, 5.41) is 13.8. The number of likely N-dealkylation sites (N-methyl/N-ethyl adjacent to an activating group) is 1. The second-order valence-electron chi connectivity index (χ2n) is 5.33. The molecule has 21 heavy (non-hydrogen) atoms. The molecule has 1 fully saturated rings. The standard InChI is InChI=1S/C15H23ClN2O3/c1-18-6-7-20-15(10-18)9-17-8-13(19)11-21-14-4-2-12(16)3-5-14/h2-5,13,15,17,19H,6-11H2,1H3. The third-order valence-corrected chi connectivity index (χ3v) is 3.60. The molecule has 0 spiro atoms. The van der Waals surface area contributed by atoms with E-state index in [-0.39, 0.29) is 12.7 Å². The van der Waals surface area contributed by atoms with E-state index in [0.29, 0.717) is 17.3 Å². The lowest BCUT2D eigenvalue weighted by molar-refractivity contribution is -0.0196. The molecule has 0 bridgehead atoms. The molecule has 1 aliphatic rings. The van der Waals surface area contributed by atoms with Crippen molar-refractivity contribution in [1.29, 1.82) is 0 Å². The molecule has 2 N–H and O–H groups in total. The van der Waals surface area contributed by atoms with Crippen molar-refractivity contribution >= 4 is 11.6 Å². The maximum atomic E-state index is 9.88. The number of nitrogens with zero attached hydrogens (tertiary/aromatic N) is 1. The fourth-order valence-corrected chi connectivity index (χ4v) is 2.31. The summed E-state index contributed by atoms with van der Waals surface area (Å²) in [6.07, 6.45) is -0.366. The molecule has 0 amide bonds. The lowest BCUT2D eigenvalue weighted by Gasteiger charge is -2.30. The molecule has 1 heterocycles. The van der Waals surface area contributed by atoms with Crippen LogP contribution in [0.25, 0.3) is 0 Å².